The largest absolute Gasteiger partial charge is 0.396 e. The van der Waals surface area contributed by atoms with Gasteiger partial charge in [0, 0.05) is 12.8 Å². The van der Waals surface area contributed by atoms with E-state index in [0.29, 0.717) is 35.7 Å². The summed E-state index contributed by atoms with van der Waals surface area (Å²) in [5.41, 5.74) is 7.88. The number of nitrogens with two attached hydrogens (primary N) is 1. The van der Waals surface area contributed by atoms with E-state index in [-0.39, 0.29) is 0 Å². The molecule has 0 fully saturated rings. The molecule has 0 aliphatic heterocycles. The number of rotatable bonds is 9. The number of hydrogen-bond acceptors (Lipinski definition) is 4. The van der Waals surface area contributed by atoms with Crippen molar-refractivity contribution in [1.29, 1.82) is 5.41 Å². The first-order chi connectivity index (χ1) is 9.74. The van der Waals surface area contributed by atoms with Crippen molar-refractivity contribution in [2.24, 2.45) is 28.5 Å². The Hall–Kier alpha value is -1.42. The SMILES string of the molecule is C=CC(C(C)C)C(C)C/C(N=CC)=C(\N)C(=N)CN(C)C. The Kier molecular flexibility index (Phi) is 8.86. The van der Waals surface area contributed by atoms with Crippen LogP contribution in [0.25, 0.3) is 0 Å². The number of aliphatic imine (C=N–C) groups is 1. The smallest absolute Gasteiger partial charge is 0.0757 e. The van der Waals surface area contributed by atoms with Crippen LogP contribution in [0.1, 0.15) is 34.1 Å². The second-order valence-corrected chi connectivity index (χ2v) is 6.20. The van der Waals surface area contributed by atoms with Crippen LogP contribution < -0.4 is 5.73 Å². The van der Waals surface area contributed by atoms with E-state index in [1.807, 2.05) is 32.0 Å². The summed E-state index contributed by atoms with van der Waals surface area (Å²) in [4.78, 5) is 6.34. The molecule has 0 aromatic carbocycles. The predicted octanol–water partition coefficient (Wildman–Crippen LogP) is 3.31. The normalized spacial score (nSPS) is 16.2. The molecule has 0 rings (SSSR count). The maximum Gasteiger partial charge on any atom is 0.0757 e. The molecule has 120 valence electrons. The molecule has 0 bridgehead atoms. The molecule has 0 saturated carbocycles. The standard InChI is InChI=1S/C17H32N4/c1-8-14(12(3)4)13(5)10-16(20-9-2)17(19)15(18)11-21(6)7/h8-9,12-14,18H,1,10-11,19H2,2-7H3/b17-16+,18-15?,20-9?. The Morgan fingerprint density at radius 3 is 2.29 bits per heavy atom. The third-order valence-corrected chi connectivity index (χ3v) is 3.61. The molecule has 0 saturated heterocycles. The molecule has 2 atom stereocenters. The van der Waals surface area contributed by atoms with Gasteiger partial charge < -0.3 is 16.0 Å². The van der Waals surface area contributed by atoms with Crippen molar-refractivity contribution < 1.29 is 0 Å². The van der Waals surface area contributed by atoms with Crippen LogP contribution >= 0.6 is 0 Å². The quantitative estimate of drug-likeness (QED) is 0.506. The van der Waals surface area contributed by atoms with Crippen LogP contribution in [0, 0.1) is 23.2 Å². The lowest BCUT2D eigenvalue weighted by molar-refractivity contribution is 0.331. The van der Waals surface area contributed by atoms with Gasteiger partial charge in [-0.05, 0) is 45.2 Å². The van der Waals surface area contributed by atoms with Gasteiger partial charge in [0.25, 0.3) is 0 Å². The first kappa shape index (κ1) is 19.6. The molecule has 4 nitrogen and oxygen atoms in total. The predicted molar refractivity (Wildman–Crippen MR) is 94.0 cm³/mol. The summed E-state index contributed by atoms with van der Waals surface area (Å²) in [6.07, 6.45) is 4.53. The second-order valence-electron chi connectivity index (χ2n) is 6.20. The molecule has 21 heavy (non-hydrogen) atoms. The van der Waals surface area contributed by atoms with Crippen LogP contribution in [0.4, 0.5) is 0 Å². The van der Waals surface area contributed by atoms with E-state index in [2.05, 4.69) is 32.3 Å². The Bertz CT molecular complexity index is 405. The van der Waals surface area contributed by atoms with E-state index < -0.39 is 0 Å². The van der Waals surface area contributed by atoms with E-state index in [1.165, 1.54) is 0 Å². The fourth-order valence-electron chi connectivity index (χ4n) is 2.57. The van der Waals surface area contributed by atoms with Crippen molar-refractivity contribution in [1.82, 2.24) is 4.90 Å². The Morgan fingerprint density at radius 2 is 1.90 bits per heavy atom. The lowest BCUT2D eigenvalue weighted by atomic mass is 9.82. The average molecular weight is 292 g/mol. The van der Waals surface area contributed by atoms with E-state index in [1.54, 1.807) is 6.21 Å². The van der Waals surface area contributed by atoms with E-state index in [4.69, 9.17) is 11.1 Å². The summed E-state index contributed by atoms with van der Waals surface area (Å²) in [7, 11) is 3.86. The van der Waals surface area contributed by atoms with Crippen LogP contribution in [0.3, 0.4) is 0 Å². The first-order valence-electron chi connectivity index (χ1n) is 7.56. The van der Waals surface area contributed by atoms with E-state index in [9.17, 15) is 0 Å². The molecule has 3 N–H and O–H groups in total. The molecule has 0 spiro atoms. The minimum absolute atomic E-state index is 0.395. The van der Waals surface area contributed by atoms with Crippen LogP contribution in [-0.4, -0.2) is 37.5 Å². The van der Waals surface area contributed by atoms with Gasteiger partial charge in [-0.1, -0.05) is 26.8 Å². The third-order valence-electron chi connectivity index (χ3n) is 3.61. The van der Waals surface area contributed by atoms with Crippen molar-refractivity contribution >= 4 is 11.9 Å². The number of nitrogens with one attached hydrogen (secondary N) is 1. The van der Waals surface area contributed by atoms with Gasteiger partial charge >= 0.3 is 0 Å². The van der Waals surface area contributed by atoms with Gasteiger partial charge in [0.15, 0.2) is 0 Å². The Labute approximate surface area is 130 Å². The monoisotopic (exact) mass is 292 g/mol. The highest BCUT2D eigenvalue weighted by atomic mass is 15.1. The molecule has 0 amide bonds. The lowest BCUT2D eigenvalue weighted by Crippen LogP contribution is -2.27. The molecule has 0 aromatic heterocycles. The number of allylic oxidation sites excluding steroid dienone is 2. The zero-order valence-electron chi connectivity index (χ0n) is 14.5. The summed E-state index contributed by atoms with van der Waals surface area (Å²) in [6, 6.07) is 0. The fourth-order valence-corrected chi connectivity index (χ4v) is 2.57. The first-order valence-corrected chi connectivity index (χ1v) is 7.56. The summed E-state index contributed by atoms with van der Waals surface area (Å²) in [5.74, 6) is 1.35. The maximum atomic E-state index is 8.10. The van der Waals surface area contributed by atoms with Crippen LogP contribution in [0.2, 0.25) is 0 Å². The molecule has 2 unspecified atom stereocenters. The molecule has 0 aromatic rings. The summed E-state index contributed by atoms with van der Waals surface area (Å²) in [5, 5.41) is 8.10. The van der Waals surface area contributed by atoms with Crippen molar-refractivity contribution in [3.05, 3.63) is 24.0 Å². The third kappa shape index (κ3) is 6.71. The lowest BCUT2D eigenvalue weighted by Gasteiger charge is -2.25. The number of hydrogen-bond donors (Lipinski definition) is 2. The van der Waals surface area contributed by atoms with E-state index in [0.717, 1.165) is 12.1 Å². The van der Waals surface area contributed by atoms with Crippen molar-refractivity contribution in [3.63, 3.8) is 0 Å². The van der Waals surface area contributed by atoms with Crippen LogP contribution in [0.5, 0.6) is 0 Å². The highest BCUT2D eigenvalue weighted by Crippen LogP contribution is 2.28. The average Bonchev–Trinajstić information content (AvgIpc) is 2.36. The summed E-state index contributed by atoms with van der Waals surface area (Å²) >= 11 is 0. The van der Waals surface area contributed by atoms with Crippen molar-refractivity contribution in [2.75, 3.05) is 20.6 Å². The molecular formula is C17H32N4. The minimum atomic E-state index is 0.395. The van der Waals surface area contributed by atoms with Crippen LogP contribution in [-0.2, 0) is 0 Å². The zero-order valence-corrected chi connectivity index (χ0v) is 14.5. The summed E-state index contributed by atoms with van der Waals surface area (Å²) in [6.45, 7) is 12.9. The van der Waals surface area contributed by atoms with Crippen LogP contribution in [0.15, 0.2) is 29.0 Å². The Morgan fingerprint density at radius 1 is 1.33 bits per heavy atom. The highest BCUT2D eigenvalue weighted by Gasteiger charge is 2.20. The van der Waals surface area contributed by atoms with Crippen molar-refractivity contribution in [3.8, 4) is 0 Å². The second kappa shape index (κ2) is 9.50. The summed E-state index contributed by atoms with van der Waals surface area (Å²) < 4.78 is 0. The molecule has 0 aliphatic carbocycles. The molecular weight excluding hydrogens is 260 g/mol. The molecule has 0 radical (unpaired) electrons. The molecule has 4 heteroatoms. The number of nitrogens with zero attached hydrogens (tertiary/aromatic N) is 2. The molecule has 0 heterocycles. The van der Waals surface area contributed by atoms with Crippen molar-refractivity contribution in [2.45, 2.75) is 34.1 Å². The highest BCUT2D eigenvalue weighted by molar-refractivity contribution is 5.99. The van der Waals surface area contributed by atoms with Gasteiger partial charge in [-0.3, -0.25) is 4.99 Å². The van der Waals surface area contributed by atoms with Gasteiger partial charge in [0.05, 0.1) is 17.1 Å². The topological polar surface area (TPSA) is 65.5 Å². The van der Waals surface area contributed by atoms with Gasteiger partial charge in [0.1, 0.15) is 0 Å². The fraction of sp³-hybridized carbons (Fsp3) is 0.647. The van der Waals surface area contributed by atoms with Gasteiger partial charge in [-0.25, -0.2) is 0 Å². The van der Waals surface area contributed by atoms with Gasteiger partial charge in [-0.2, -0.15) is 0 Å². The van der Waals surface area contributed by atoms with E-state index >= 15 is 0 Å². The maximum absolute atomic E-state index is 8.10. The zero-order chi connectivity index (χ0) is 16.6. The van der Waals surface area contributed by atoms with Gasteiger partial charge in [0.2, 0.25) is 0 Å². The van der Waals surface area contributed by atoms with Gasteiger partial charge in [-0.15, -0.1) is 6.58 Å². The molecule has 0 aliphatic rings. The Balaban J connectivity index is 5.22. The minimum Gasteiger partial charge on any atom is -0.396 e.